The molecule has 10 nitrogen and oxygen atoms in total. The van der Waals surface area contributed by atoms with Crippen molar-refractivity contribution >= 4 is 12.2 Å². The molecule has 0 aliphatic carbocycles. The molecule has 0 aliphatic heterocycles. The highest BCUT2D eigenvalue weighted by atomic mass is 16.6. The smallest absolute Gasteiger partial charge is 0.251 e. The van der Waals surface area contributed by atoms with Crippen LogP contribution < -0.4 is 15.8 Å². The van der Waals surface area contributed by atoms with Crippen molar-refractivity contribution in [1.29, 1.82) is 0 Å². The Kier molecular flexibility index (Phi) is 10.4. The lowest BCUT2D eigenvalue weighted by Gasteiger charge is -2.14. The highest BCUT2D eigenvalue weighted by Gasteiger charge is 2.10. The lowest BCUT2D eigenvalue weighted by Crippen LogP contribution is -2.29. The molecule has 0 spiro atoms. The first-order chi connectivity index (χ1) is 12.2. The lowest BCUT2D eigenvalue weighted by molar-refractivity contribution is -0.112. The fraction of sp³-hybridized carbons (Fsp3) is 0.467. The fourth-order valence-electron chi connectivity index (χ4n) is 1.73. The molecule has 1 amide bonds. The van der Waals surface area contributed by atoms with E-state index in [2.05, 4.69) is 15.3 Å². The summed E-state index contributed by atoms with van der Waals surface area (Å²) in [6, 6.07) is 6.54. The maximum atomic E-state index is 11.9. The molecule has 3 N–H and O–H groups in total. The van der Waals surface area contributed by atoms with Gasteiger partial charge in [0.15, 0.2) is 6.23 Å². The van der Waals surface area contributed by atoms with Crippen LogP contribution >= 0.6 is 0 Å². The van der Waals surface area contributed by atoms with Gasteiger partial charge in [0.2, 0.25) is 0 Å². The molecule has 25 heavy (non-hydrogen) atoms. The van der Waals surface area contributed by atoms with E-state index in [9.17, 15) is 9.59 Å². The highest BCUT2D eigenvalue weighted by molar-refractivity contribution is 5.94. The first kappa shape index (κ1) is 20.4. The minimum atomic E-state index is -0.862. The maximum Gasteiger partial charge on any atom is 0.251 e. The van der Waals surface area contributed by atoms with Gasteiger partial charge in [-0.2, -0.15) is 0 Å². The minimum Gasteiger partial charge on any atom is -0.491 e. The van der Waals surface area contributed by atoms with Crippen molar-refractivity contribution in [2.24, 2.45) is 10.8 Å². The van der Waals surface area contributed by atoms with Crippen LogP contribution in [0, 0.1) is 0 Å². The predicted octanol–water partition coefficient (Wildman–Crippen LogP) is 0.622. The molecule has 1 unspecified atom stereocenters. The normalized spacial score (nSPS) is 11.2. The molecule has 0 aromatic heterocycles. The summed E-state index contributed by atoms with van der Waals surface area (Å²) in [5, 5.41) is 6.13. The molecule has 1 atom stereocenters. The summed E-state index contributed by atoms with van der Waals surface area (Å²) in [5.74, 6) is 0.172. The molecule has 0 fully saturated rings. The van der Waals surface area contributed by atoms with Gasteiger partial charge in [-0.25, -0.2) is 0 Å². The highest BCUT2D eigenvalue weighted by Crippen LogP contribution is 2.14. The Bertz CT molecular complexity index is 591. The van der Waals surface area contributed by atoms with Gasteiger partial charge in [-0.3, -0.25) is 4.79 Å². The molecule has 1 aromatic carbocycles. The van der Waals surface area contributed by atoms with Gasteiger partial charge in [-0.15, -0.1) is 0 Å². The number of hydrogen-bond donors (Lipinski definition) is 2. The van der Waals surface area contributed by atoms with E-state index in [1.165, 1.54) is 0 Å². The third-order valence-electron chi connectivity index (χ3n) is 2.82. The monoisotopic (exact) mass is 351 g/mol. The van der Waals surface area contributed by atoms with Crippen molar-refractivity contribution in [2.45, 2.75) is 6.23 Å². The summed E-state index contributed by atoms with van der Waals surface area (Å²) < 4.78 is 15.7. The largest absolute Gasteiger partial charge is 0.491 e. The number of nitrogens with zero attached hydrogens (tertiary/aromatic N) is 3. The van der Waals surface area contributed by atoms with Crippen LogP contribution in [0.25, 0.3) is 10.4 Å². The van der Waals surface area contributed by atoms with E-state index in [4.69, 9.17) is 25.5 Å². The van der Waals surface area contributed by atoms with Crippen LogP contribution in [0.2, 0.25) is 0 Å². The van der Waals surface area contributed by atoms with Gasteiger partial charge >= 0.3 is 0 Å². The van der Waals surface area contributed by atoms with E-state index in [0.29, 0.717) is 30.7 Å². The number of carbonyl (C=O) groups excluding carboxylic acids is 2. The van der Waals surface area contributed by atoms with E-state index in [-0.39, 0.29) is 32.3 Å². The average molecular weight is 351 g/mol. The molecular weight excluding hydrogens is 330 g/mol. The van der Waals surface area contributed by atoms with Gasteiger partial charge in [0, 0.05) is 23.6 Å². The quantitative estimate of drug-likeness (QED) is 0.175. The SMILES string of the molecule is [N-]=[N+]=NC(COc1cccc(C(=O)NCCN)c1)OCCOCC=O. The van der Waals surface area contributed by atoms with E-state index in [1.54, 1.807) is 24.3 Å². The van der Waals surface area contributed by atoms with Crippen LogP contribution in [0.1, 0.15) is 10.4 Å². The minimum absolute atomic E-state index is 0.0228. The van der Waals surface area contributed by atoms with E-state index < -0.39 is 6.23 Å². The zero-order chi connectivity index (χ0) is 18.3. The number of ether oxygens (including phenoxy) is 3. The summed E-state index contributed by atoms with van der Waals surface area (Å²) in [7, 11) is 0. The molecule has 0 aliphatic rings. The second-order valence-corrected chi connectivity index (χ2v) is 4.66. The van der Waals surface area contributed by atoms with Crippen molar-refractivity contribution in [3.05, 3.63) is 40.3 Å². The maximum absolute atomic E-state index is 11.9. The number of benzene rings is 1. The average Bonchev–Trinajstić information content (AvgIpc) is 2.64. The van der Waals surface area contributed by atoms with Crippen molar-refractivity contribution in [2.75, 3.05) is 39.5 Å². The first-order valence-electron chi connectivity index (χ1n) is 7.59. The van der Waals surface area contributed by atoms with Crippen molar-refractivity contribution in [1.82, 2.24) is 5.32 Å². The number of nitrogens with one attached hydrogen (secondary N) is 1. The molecule has 0 bridgehead atoms. The van der Waals surface area contributed by atoms with E-state index >= 15 is 0 Å². The number of azide groups is 1. The summed E-state index contributed by atoms with van der Waals surface area (Å²) in [5.41, 5.74) is 14.3. The van der Waals surface area contributed by atoms with Crippen LogP contribution in [0.3, 0.4) is 0 Å². The molecule has 0 saturated carbocycles. The molecule has 0 radical (unpaired) electrons. The Balaban J connectivity index is 2.51. The third kappa shape index (κ3) is 8.68. The molecular formula is C15H21N5O5. The molecule has 0 saturated heterocycles. The lowest BCUT2D eigenvalue weighted by atomic mass is 10.2. The summed E-state index contributed by atoms with van der Waals surface area (Å²) in [6.07, 6.45) is -0.232. The van der Waals surface area contributed by atoms with Crippen molar-refractivity contribution in [3.8, 4) is 5.75 Å². The number of aldehydes is 1. The van der Waals surface area contributed by atoms with Crippen LogP contribution in [0.5, 0.6) is 5.75 Å². The van der Waals surface area contributed by atoms with Crippen LogP contribution in [0.4, 0.5) is 0 Å². The van der Waals surface area contributed by atoms with Crippen LogP contribution in [-0.4, -0.2) is 57.9 Å². The topological polar surface area (TPSA) is 149 Å². The molecule has 1 rings (SSSR count). The Labute approximate surface area is 144 Å². The first-order valence-corrected chi connectivity index (χ1v) is 7.59. The Morgan fingerprint density at radius 3 is 3.00 bits per heavy atom. The van der Waals surface area contributed by atoms with E-state index in [1.807, 2.05) is 0 Å². The standard InChI is InChI=1S/C15H21N5O5/c16-4-5-18-15(22)12-2-1-3-13(10-12)25-11-14(19-20-17)24-9-8-23-7-6-21/h1-3,6,10,14H,4-5,7-9,11,16H2,(H,18,22). The predicted molar refractivity (Wildman–Crippen MR) is 89.1 cm³/mol. The Morgan fingerprint density at radius 2 is 2.28 bits per heavy atom. The third-order valence-corrected chi connectivity index (χ3v) is 2.82. The summed E-state index contributed by atoms with van der Waals surface area (Å²) in [4.78, 5) is 24.7. The molecule has 1 aromatic rings. The summed E-state index contributed by atoms with van der Waals surface area (Å²) in [6.45, 7) is 0.999. The van der Waals surface area contributed by atoms with Gasteiger partial charge in [-0.1, -0.05) is 11.2 Å². The number of carbonyl (C=O) groups is 2. The second-order valence-electron chi connectivity index (χ2n) is 4.66. The molecule has 136 valence electrons. The number of amides is 1. The van der Waals surface area contributed by atoms with Gasteiger partial charge in [0.25, 0.3) is 5.91 Å². The van der Waals surface area contributed by atoms with Crippen LogP contribution in [0.15, 0.2) is 29.4 Å². The van der Waals surface area contributed by atoms with Gasteiger partial charge in [0.05, 0.1) is 13.2 Å². The second kappa shape index (κ2) is 12.7. The Hall–Kier alpha value is -2.65. The summed E-state index contributed by atoms with van der Waals surface area (Å²) >= 11 is 0. The van der Waals surface area contributed by atoms with Gasteiger partial charge in [-0.05, 0) is 23.7 Å². The van der Waals surface area contributed by atoms with Crippen molar-refractivity contribution < 1.29 is 23.8 Å². The zero-order valence-electron chi connectivity index (χ0n) is 13.7. The van der Waals surface area contributed by atoms with Gasteiger partial charge in [0.1, 0.15) is 25.2 Å². The van der Waals surface area contributed by atoms with Crippen LogP contribution in [-0.2, 0) is 14.3 Å². The molecule has 10 heteroatoms. The fourth-order valence-corrected chi connectivity index (χ4v) is 1.73. The Morgan fingerprint density at radius 1 is 1.44 bits per heavy atom. The van der Waals surface area contributed by atoms with Crippen molar-refractivity contribution in [3.63, 3.8) is 0 Å². The van der Waals surface area contributed by atoms with Gasteiger partial charge < -0.3 is 30.1 Å². The zero-order valence-corrected chi connectivity index (χ0v) is 13.7. The number of rotatable bonds is 13. The van der Waals surface area contributed by atoms with E-state index in [0.717, 1.165) is 0 Å². The number of hydrogen-bond acceptors (Lipinski definition) is 7. The number of nitrogens with two attached hydrogens (primary N) is 1. The molecule has 0 heterocycles.